The first kappa shape index (κ1) is 15.5. The van der Waals surface area contributed by atoms with Gasteiger partial charge >= 0.3 is 0 Å². The molecule has 0 saturated carbocycles. The maximum absolute atomic E-state index is 9.71. The van der Waals surface area contributed by atoms with Crippen LogP contribution in [0.1, 0.15) is 31.4 Å². The molecular formula is C11H17Cl2NO2. The van der Waals surface area contributed by atoms with Gasteiger partial charge in [0.05, 0.1) is 17.2 Å². The molecule has 0 heterocycles. The van der Waals surface area contributed by atoms with E-state index in [2.05, 4.69) is 0 Å². The van der Waals surface area contributed by atoms with E-state index < -0.39 is 12.1 Å². The zero-order chi connectivity index (χ0) is 11.4. The van der Waals surface area contributed by atoms with E-state index >= 15 is 0 Å². The van der Waals surface area contributed by atoms with E-state index in [0.717, 1.165) is 6.42 Å². The van der Waals surface area contributed by atoms with Crippen molar-refractivity contribution in [1.29, 1.82) is 0 Å². The van der Waals surface area contributed by atoms with Crippen LogP contribution in [0.25, 0.3) is 0 Å². The SMILES string of the molecule is CCC[C@H](O)[C@H](N)c1cccc(Cl)c1O.Cl. The molecule has 16 heavy (non-hydrogen) atoms. The summed E-state index contributed by atoms with van der Waals surface area (Å²) in [7, 11) is 0. The van der Waals surface area contributed by atoms with Crippen LogP contribution < -0.4 is 5.73 Å². The number of phenolic OH excluding ortho intramolecular Hbond substituents is 1. The summed E-state index contributed by atoms with van der Waals surface area (Å²) in [6, 6.07) is 4.36. The number of aliphatic hydroxyl groups is 1. The second-order valence-electron chi connectivity index (χ2n) is 3.56. The van der Waals surface area contributed by atoms with Crippen molar-refractivity contribution in [3.8, 4) is 5.75 Å². The van der Waals surface area contributed by atoms with E-state index in [1.165, 1.54) is 0 Å². The summed E-state index contributed by atoms with van der Waals surface area (Å²) in [5.41, 5.74) is 6.31. The summed E-state index contributed by atoms with van der Waals surface area (Å²) in [4.78, 5) is 0. The molecule has 1 aromatic carbocycles. The second-order valence-corrected chi connectivity index (χ2v) is 3.97. The van der Waals surface area contributed by atoms with Crippen molar-refractivity contribution in [2.24, 2.45) is 5.73 Å². The fourth-order valence-corrected chi connectivity index (χ4v) is 1.67. The lowest BCUT2D eigenvalue weighted by atomic mass is 9.98. The first-order valence-corrected chi connectivity index (χ1v) is 5.36. The van der Waals surface area contributed by atoms with E-state index in [4.69, 9.17) is 17.3 Å². The van der Waals surface area contributed by atoms with Gasteiger partial charge in [0, 0.05) is 5.56 Å². The quantitative estimate of drug-likeness (QED) is 0.784. The number of para-hydroxylation sites is 1. The van der Waals surface area contributed by atoms with Crippen LogP contribution in [0.2, 0.25) is 5.02 Å². The lowest BCUT2D eigenvalue weighted by Gasteiger charge is -2.19. The van der Waals surface area contributed by atoms with Gasteiger partial charge in [0.25, 0.3) is 0 Å². The molecule has 2 atom stereocenters. The summed E-state index contributed by atoms with van der Waals surface area (Å²) >= 11 is 5.75. The molecule has 0 amide bonds. The first-order valence-electron chi connectivity index (χ1n) is 4.99. The van der Waals surface area contributed by atoms with E-state index in [1.807, 2.05) is 6.92 Å². The lowest BCUT2D eigenvalue weighted by molar-refractivity contribution is 0.133. The first-order chi connectivity index (χ1) is 7.07. The highest BCUT2D eigenvalue weighted by Gasteiger charge is 2.19. The van der Waals surface area contributed by atoms with Crippen LogP contribution in [-0.4, -0.2) is 16.3 Å². The normalized spacial score (nSPS) is 14.0. The lowest BCUT2D eigenvalue weighted by Crippen LogP contribution is -2.26. The van der Waals surface area contributed by atoms with E-state index in [9.17, 15) is 10.2 Å². The highest BCUT2D eigenvalue weighted by atomic mass is 35.5. The van der Waals surface area contributed by atoms with Gasteiger partial charge in [-0.1, -0.05) is 37.1 Å². The minimum Gasteiger partial charge on any atom is -0.506 e. The Morgan fingerprint density at radius 3 is 2.62 bits per heavy atom. The van der Waals surface area contributed by atoms with E-state index in [1.54, 1.807) is 18.2 Å². The molecule has 0 spiro atoms. The Bertz CT molecular complexity index is 334. The molecule has 0 saturated heterocycles. The highest BCUT2D eigenvalue weighted by Crippen LogP contribution is 2.32. The molecule has 3 nitrogen and oxygen atoms in total. The number of rotatable bonds is 4. The predicted molar refractivity (Wildman–Crippen MR) is 68.2 cm³/mol. The molecular weight excluding hydrogens is 249 g/mol. The molecule has 0 fully saturated rings. The number of aromatic hydroxyl groups is 1. The van der Waals surface area contributed by atoms with Crippen molar-refractivity contribution in [3.63, 3.8) is 0 Å². The van der Waals surface area contributed by atoms with Crippen molar-refractivity contribution in [3.05, 3.63) is 28.8 Å². The van der Waals surface area contributed by atoms with Gasteiger partial charge in [0.15, 0.2) is 0 Å². The molecule has 1 aromatic rings. The largest absolute Gasteiger partial charge is 0.506 e. The number of benzene rings is 1. The van der Waals surface area contributed by atoms with Crippen LogP contribution in [0.3, 0.4) is 0 Å². The average molecular weight is 266 g/mol. The fraction of sp³-hybridized carbons (Fsp3) is 0.455. The van der Waals surface area contributed by atoms with Crippen molar-refractivity contribution >= 4 is 24.0 Å². The summed E-state index contributed by atoms with van der Waals surface area (Å²) in [6.45, 7) is 1.97. The number of halogens is 2. The van der Waals surface area contributed by atoms with Gasteiger partial charge in [-0.25, -0.2) is 0 Å². The molecule has 0 unspecified atom stereocenters. The Labute approximate surface area is 107 Å². The number of nitrogens with two attached hydrogens (primary N) is 1. The minimum atomic E-state index is -0.653. The van der Waals surface area contributed by atoms with Crippen LogP contribution in [-0.2, 0) is 0 Å². The minimum absolute atomic E-state index is 0. The zero-order valence-electron chi connectivity index (χ0n) is 9.06. The number of hydrogen-bond donors (Lipinski definition) is 3. The average Bonchev–Trinajstić information content (AvgIpc) is 2.21. The van der Waals surface area contributed by atoms with Gasteiger partial charge in [0.1, 0.15) is 5.75 Å². The van der Waals surface area contributed by atoms with Gasteiger partial charge in [0.2, 0.25) is 0 Å². The van der Waals surface area contributed by atoms with Gasteiger partial charge < -0.3 is 15.9 Å². The monoisotopic (exact) mass is 265 g/mol. The van der Waals surface area contributed by atoms with Crippen molar-refractivity contribution in [2.45, 2.75) is 31.9 Å². The van der Waals surface area contributed by atoms with Gasteiger partial charge in [-0.2, -0.15) is 0 Å². The summed E-state index contributed by atoms with van der Waals surface area (Å²) in [6.07, 6.45) is 0.794. The zero-order valence-corrected chi connectivity index (χ0v) is 10.6. The summed E-state index contributed by atoms with van der Waals surface area (Å²) < 4.78 is 0. The Morgan fingerprint density at radius 1 is 1.44 bits per heavy atom. The van der Waals surface area contributed by atoms with Gasteiger partial charge in [-0.3, -0.25) is 0 Å². The van der Waals surface area contributed by atoms with Crippen molar-refractivity contribution < 1.29 is 10.2 Å². The molecule has 5 heteroatoms. The predicted octanol–water partition coefficient (Wildman–Crippen LogP) is 2.63. The van der Waals surface area contributed by atoms with Crippen LogP contribution in [0, 0.1) is 0 Å². The van der Waals surface area contributed by atoms with Crippen LogP contribution in [0.5, 0.6) is 5.75 Å². The number of aliphatic hydroxyl groups excluding tert-OH is 1. The van der Waals surface area contributed by atoms with Crippen LogP contribution in [0.4, 0.5) is 0 Å². The number of phenols is 1. The van der Waals surface area contributed by atoms with Crippen LogP contribution >= 0.6 is 24.0 Å². The molecule has 92 valence electrons. The Hall–Kier alpha value is -0.480. The Morgan fingerprint density at radius 2 is 2.06 bits per heavy atom. The molecule has 0 bridgehead atoms. The topological polar surface area (TPSA) is 66.5 Å². The summed E-state index contributed by atoms with van der Waals surface area (Å²) in [5, 5.41) is 19.6. The third-order valence-corrected chi connectivity index (χ3v) is 2.68. The van der Waals surface area contributed by atoms with Crippen LogP contribution in [0.15, 0.2) is 18.2 Å². The van der Waals surface area contributed by atoms with Crippen molar-refractivity contribution in [1.82, 2.24) is 0 Å². The maximum Gasteiger partial charge on any atom is 0.139 e. The smallest absolute Gasteiger partial charge is 0.139 e. The van der Waals surface area contributed by atoms with E-state index in [0.29, 0.717) is 12.0 Å². The highest BCUT2D eigenvalue weighted by molar-refractivity contribution is 6.32. The van der Waals surface area contributed by atoms with Gasteiger partial charge in [-0.15, -0.1) is 12.4 Å². The molecule has 1 rings (SSSR count). The third-order valence-electron chi connectivity index (χ3n) is 2.38. The fourth-order valence-electron chi connectivity index (χ4n) is 1.48. The molecule has 0 radical (unpaired) electrons. The molecule has 0 aliphatic carbocycles. The van der Waals surface area contributed by atoms with Crippen molar-refractivity contribution in [2.75, 3.05) is 0 Å². The maximum atomic E-state index is 9.71. The molecule has 0 aliphatic rings. The van der Waals surface area contributed by atoms with E-state index in [-0.39, 0.29) is 23.2 Å². The third kappa shape index (κ3) is 3.52. The number of hydrogen-bond acceptors (Lipinski definition) is 3. The molecule has 4 N–H and O–H groups in total. The standard InChI is InChI=1S/C11H16ClNO2.ClH/c1-2-4-9(14)10(13)7-5-3-6-8(12)11(7)15;/h3,5-6,9-10,14-15H,2,4,13H2,1H3;1H/t9-,10+;/m0./s1. The Balaban J connectivity index is 0.00000225. The second kappa shape index (κ2) is 6.97. The van der Waals surface area contributed by atoms with Gasteiger partial charge in [-0.05, 0) is 12.5 Å². The molecule has 0 aromatic heterocycles. The Kier molecular flexibility index (Phi) is 6.76. The molecule has 0 aliphatic heterocycles. The summed E-state index contributed by atoms with van der Waals surface area (Å²) in [5.74, 6) is -0.0400.